The summed E-state index contributed by atoms with van der Waals surface area (Å²) in [5.74, 6) is -1.37. The topological polar surface area (TPSA) is 92.7 Å². The average molecular weight is 313 g/mol. The van der Waals surface area contributed by atoms with Crippen LogP contribution in [0, 0.1) is 0 Å². The minimum atomic E-state index is -1.07. The highest BCUT2D eigenvalue weighted by Crippen LogP contribution is 2.16. The Hall–Kier alpha value is -3.15. The number of ether oxygens (including phenoxy) is 1. The molecule has 2 N–H and O–H groups in total. The number of aliphatic carboxylic acids is 1. The van der Waals surface area contributed by atoms with Crippen LogP contribution in [0.15, 0.2) is 54.6 Å². The van der Waals surface area contributed by atoms with Crippen LogP contribution in [0.1, 0.15) is 16.8 Å². The zero-order valence-corrected chi connectivity index (χ0v) is 12.2. The van der Waals surface area contributed by atoms with Crippen LogP contribution in [0.5, 0.6) is 5.75 Å². The molecule has 0 aliphatic carbocycles. The van der Waals surface area contributed by atoms with E-state index in [1.54, 1.807) is 42.5 Å². The predicted octanol–water partition coefficient (Wildman–Crippen LogP) is 2.36. The van der Waals surface area contributed by atoms with Gasteiger partial charge in [-0.2, -0.15) is 0 Å². The number of carboxylic acids is 1. The van der Waals surface area contributed by atoms with Crippen molar-refractivity contribution in [2.75, 3.05) is 11.9 Å². The number of carboxylic acid groups (broad SMARTS) is 1. The van der Waals surface area contributed by atoms with Crippen molar-refractivity contribution < 1.29 is 24.2 Å². The normalized spacial score (nSPS) is 9.91. The van der Waals surface area contributed by atoms with E-state index in [-0.39, 0.29) is 12.2 Å². The Bertz CT molecular complexity index is 695. The second-order valence-corrected chi connectivity index (χ2v) is 4.72. The lowest BCUT2D eigenvalue weighted by atomic mass is 10.1. The number of nitrogens with one attached hydrogen (secondary N) is 1. The fourth-order valence-corrected chi connectivity index (χ4v) is 1.86. The first-order valence-corrected chi connectivity index (χ1v) is 6.87. The number of carbonyl (C=O) groups excluding carboxylic acids is 2. The lowest BCUT2D eigenvalue weighted by Gasteiger charge is -2.07. The van der Waals surface area contributed by atoms with Gasteiger partial charge in [-0.05, 0) is 24.3 Å². The second-order valence-electron chi connectivity index (χ2n) is 4.72. The number of ketones is 1. The van der Waals surface area contributed by atoms with Crippen LogP contribution in [-0.4, -0.2) is 29.4 Å². The summed E-state index contributed by atoms with van der Waals surface area (Å²) >= 11 is 0. The first-order chi connectivity index (χ1) is 11.0. The second kappa shape index (κ2) is 7.74. The van der Waals surface area contributed by atoms with Gasteiger partial charge in [-0.15, -0.1) is 0 Å². The highest BCUT2D eigenvalue weighted by Gasteiger charge is 2.11. The Morgan fingerprint density at radius 3 is 2.22 bits per heavy atom. The Balaban J connectivity index is 1.87. The molecular formula is C17H15NO5. The minimum Gasteiger partial charge on any atom is -0.482 e. The van der Waals surface area contributed by atoms with Crippen LogP contribution in [0.3, 0.4) is 0 Å². The molecule has 2 aromatic rings. The van der Waals surface area contributed by atoms with E-state index in [9.17, 15) is 14.4 Å². The first-order valence-electron chi connectivity index (χ1n) is 6.87. The summed E-state index contributed by atoms with van der Waals surface area (Å²) in [6.45, 7) is -0.433. The average Bonchev–Trinajstić information content (AvgIpc) is 2.55. The molecule has 6 heteroatoms. The summed E-state index contributed by atoms with van der Waals surface area (Å²) in [5, 5.41) is 11.1. The Morgan fingerprint density at radius 1 is 0.957 bits per heavy atom. The molecule has 0 saturated carbocycles. The van der Waals surface area contributed by atoms with Crippen molar-refractivity contribution in [1.29, 1.82) is 0 Å². The molecule has 0 unspecified atom stereocenters. The van der Waals surface area contributed by atoms with Crippen molar-refractivity contribution >= 4 is 23.3 Å². The number of hydrogen-bond acceptors (Lipinski definition) is 4. The van der Waals surface area contributed by atoms with Gasteiger partial charge in [0.25, 0.3) is 0 Å². The van der Waals surface area contributed by atoms with E-state index in [4.69, 9.17) is 9.84 Å². The molecule has 0 bridgehead atoms. The van der Waals surface area contributed by atoms with Gasteiger partial charge in [0.2, 0.25) is 5.91 Å². The molecule has 0 aliphatic heterocycles. The summed E-state index contributed by atoms with van der Waals surface area (Å²) in [6.07, 6.45) is -0.249. The molecular weight excluding hydrogens is 298 g/mol. The third kappa shape index (κ3) is 5.28. The number of hydrogen-bond donors (Lipinski definition) is 2. The molecule has 0 spiro atoms. The minimum absolute atomic E-state index is 0.249. The van der Waals surface area contributed by atoms with Gasteiger partial charge in [0.05, 0.1) is 6.42 Å². The van der Waals surface area contributed by atoms with Crippen LogP contribution in [0.4, 0.5) is 5.69 Å². The molecule has 6 nitrogen and oxygen atoms in total. The molecule has 0 fully saturated rings. The molecule has 0 aliphatic rings. The lowest BCUT2D eigenvalue weighted by molar-refractivity contribution is -0.139. The molecule has 0 atom stereocenters. The molecule has 2 aromatic carbocycles. The van der Waals surface area contributed by atoms with Crippen molar-refractivity contribution in [3.8, 4) is 5.75 Å². The number of amides is 1. The zero-order chi connectivity index (χ0) is 16.7. The number of benzene rings is 2. The molecule has 118 valence electrons. The Morgan fingerprint density at radius 2 is 1.61 bits per heavy atom. The maximum absolute atomic E-state index is 11.9. The number of rotatable bonds is 7. The molecule has 0 saturated heterocycles. The van der Waals surface area contributed by atoms with E-state index in [1.165, 1.54) is 12.1 Å². The standard InChI is InChI=1S/C17H15NO5/c19-15(12-4-2-1-3-5-12)10-16(20)18-13-6-8-14(9-7-13)23-11-17(21)22/h1-9H,10-11H2,(H,18,20)(H,21,22). The monoisotopic (exact) mass is 313 g/mol. The molecule has 0 aromatic heterocycles. The van der Waals surface area contributed by atoms with E-state index < -0.39 is 18.5 Å². The quantitative estimate of drug-likeness (QED) is 0.604. The lowest BCUT2D eigenvalue weighted by Crippen LogP contribution is -2.16. The van der Waals surface area contributed by atoms with Crippen molar-refractivity contribution in [2.24, 2.45) is 0 Å². The molecule has 0 radical (unpaired) electrons. The molecule has 23 heavy (non-hydrogen) atoms. The smallest absolute Gasteiger partial charge is 0.341 e. The van der Waals surface area contributed by atoms with E-state index in [0.717, 1.165) is 0 Å². The summed E-state index contributed by atoms with van der Waals surface area (Å²) in [7, 11) is 0. The molecule has 0 heterocycles. The number of anilines is 1. The zero-order valence-electron chi connectivity index (χ0n) is 12.2. The molecule has 1 amide bonds. The number of carbonyl (C=O) groups is 3. The Labute approximate surface area is 132 Å². The number of Topliss-reactive ketones (excluding diaryl/α,β-unsaturated/α-hetero) is 1. The maximum Gasteiger partial charge on any atom is 0.341 e. The summed E-state index contributed by atoms with van der Waals surface area (Å²) in [4.78, 5) is 34.2. The van der Waals surface area contributed by atoms with Crippen molar-refractivity contribution in [2.45, 2.75) is 6.42 Å². The van der Waals surface area contributed by atoms with Gasteiger partial charge >= 0.3 is 5.97 Å². The van der Waals surface area contributed by atoms with Gasteiger partial charge in [-0.25, -0.2) is 4.79 Å². The van der Waals surface area contributed by atoms with Gasteiger partial charge in [-0.1, -0.05) is 30.3 Å². The van der Waals surface area contributed by atoms with Gasteiger partial charge in [0.1, 0.15) is 5.75 Å². The van der Waals surface area contributed by atoms with Crippen molar-refractivity contribution in [3.05, 3.63) is 60.2 Å². The summed E-state index contributed by atoms with van der Waals surface area (Å²) in [5.41, 5.74) is 0.985. The maximum atomic E-state index is 11.9. The Kier molecular flexibility index (Phi) is 5.46. The summed E-state index contributed by atoms with van der Waals surface area (Å²) < 4.78 is 4.98. The van der Waals surface area contributed by atoms with Crippen molar-refractivity contribution in [3.63, 3.8) is 0 Å². The van der Waals surface area contributed by atoms with Gasteiger partial charge in [0, 0.05) is 11.3 Å². The SMILES string of the molecule is O=C(O)COc1ccc(NC(=O)CC(=O)c2ccccc2)cc1. The van der Waals surface area contributed by atoms with Crippen LogP contribution in [0.2, 0.25) is 0 Å². The fraction of sp³-hybridized carbons (Fsp3) is 0.118. The van der Waals surface area contributed by atoms with E-state index >= 15 is 0 Å². The van der Waals surface area contributed by atoms with E-state index in [0.29, 0.717) is 17.0 Å². The highest BCUT2D eigenvalue weighted by atomic mass is 16.5. The third-order valence-electron chi connectivity index (χ3n) is 2.92. The van der Waals surface area contributed by atoms with Crippen LogP contribution in [0.25, 0.3) is 0 Å². The summed E-state index contributed by atoms with van der Waals surface area (Å²) in [6, 6.07) is 14.8. The van der Waals surface area contributed by atoms with Crippen LogP contribution >= 0.6 is 0 Å². The predicted molar refractivity (Wildman–Crippen MR) is 83.6 cm³/mol. The van der Waals surface area contributed by atoms with Crippen LogP contribution < -0.4 is 10.1 Å². The van der Waals surface area contributed by atoms with E-state index in [1.807, 2.05) is 0 Å². The largest absolute Gasteiger partial charge is 0.482 e. The van der Waals surface area contributed by atoms with Gasteiger partial charge in [-0.3, -0.25) is 9.59 Å². The van der Waals surface area contributed by atoms with Gasteiger partial charge < -0.3 is 15.2 Å². The molecule has 2 rings (SSSR count). The first kappa shape index (κ1) is 16.2. The van der Waals surface area contributed by atoms with Gasteiger partial charge in [0.15, 0.2) is 12.4 Å². The van der Waals surface area contributed by atoms with Crippen LogP contribution in [-0.2, 0) is 9.59 Å². The highest BCUT2D eigenvalue weighted by molar-refractivity contribution is 6.10. The van der Waals surface area contributed by atoms with E-state index in [2.05, 4.69) is 5.32 Å². The third-order valence-corrected chi connectivity index (χ3v) is 2.92. The fourth-order valence-electron chi connectivity index (χ4n) is 1.86. The van der Waals surface area contributed by atoms with Crippen molar-refractivity contribution in [1.82, 2.24) is 0 Å².